The van der Waals surface area contributed by atoms with Crippen LogP contribution >= 0.6 is 11.6 Å². The second-order valence-corrected chi connectivity index (χ2v) is 7.44. The van der Waals surface area contributed by atoms with E-state index in [9.17, 15) is 20.1 Å². The molecule has 7 heteroatoms. The number of piperidine rings is 1. The fraction of sp³-hybridized carbons (Fsp3) is 0.286. The first-order valence-corrected chi connectivity index (χ1v) is 9.22. The average molecular weight is 403 g/mol. The van der Waals surface area contributed by atoms with Crippen molar-refractivity contribution in [3.8, 4) is 22.8 Å². The van der Waals surface area contributed by atoms with E-state index < -0.39 is 29.6 Å². The minimum absolute atomic E-state index is 0.0456. The van der Waals surface area contributed by atoms with Gasteiger partial charge in [0.15, 0.2) is 5.43 Å². The minimum atomic E-state index is -0.954. The van der Waals surface area contributed by atoms with E-state index in [2.05, 4.69) is 0 Å². The number of likely N-dealkylation sites (N-methyl/N-ethyl adjacent to an activating group) is 1. The second kappa shape index (κ2) is 7.13. The molecule has 3 aromatic rings. The van der Waals surface area contributed by atoms with E-state index in [1.807, 2.05) is 4.90 Å². The SMILES string of the molecule is [2H]C1CN(C)CC(O)C1c1c(O)cc(O)c2c(=O)cc(-c3ccccc3Cl)oc12. The normalized spacial score (nSPS) is 23.7. The zero-order valence-corrected chi connectivity index (χ0v) is 15.8. The fourth-order valence-corrected chi connectivity index (χ4v) is 3.93. The van der Waals surface area contributed by atoms with Crippen LogP contribution < -0.4 is 5.43 Å². The molecule has 0 saturated carbocycles. The van der Waals surface area contributed by atoms with Crippen LogP contribution in [0.4, 0.5) is 0 Å². The molecule has 146 valence electrons. The van der Waals surface area contributed by atoms with Crippen molar-refractivity contribution in [2.24, 2.45) is 0 Å². The van der Waals surface area contributed by atoms with E-state index in [1.165, 1.54) is 6.07 Å². The summed E-state index contributed by atoms with van der Waals surface area (Å²) in [4.78, 5) is 14.6. The molecule has 0 amide bonds. The van der Waals surface area contributed by atoms with Crippen LogP contribution in [0.15, 0.2) is 45.6 Å². The maximum Gasteiger partial charge on any atom is 0.197 e. The third kappa shape index (κ3) is 3.13. The standard InChI is InChI=1S/C21H20ClNO5/c1-23-7-6-12(17(27)10-23)19-14(24)8-15(25)20-16(26)9-18(28-21(19)20)11-4-2-3-5-13(11)22/h2-5,8-9,12,17,24-25,27H,6-7,10H2,1H3/i6D. The summed E-state index contributed by atoms with van der Waals surface area (Å²) in [5.74, 6) is -1.38. The summed E-state index contributed by atoms with van der Waals surface area (Å²) < 4.78 is 14.4. The number of phenolic OH excluding ortho intramolecular Hbond substituents is 2. The van der Waals surface area contributed by atoms with Gasteiger partial charge in [-0.25, -0.2) is 0 Å². The van der Waals surface area contributed by atoms with Gasteiger partial charge in [-0.05, 0) is 32.1 Å². The first kappa shape index (κ1) is 17.6. The Kier molecular flexibility index (Phi) is 4.47. The average Bonchev–Trinajstić information content (AvgIpc) is 2.63. The Balaban J connectivity index is 2.02. The first-order valence-electron chi connectivity index (χ1n) is 9.42. The largest absolute Gasteiger partial charge is 0.507 e. The lowest BCUT2D eigenvalue weighted by atomic mass is 9.85. The van der Waals surface area contributed by atoms with Crippen LogP contribution in [-0.2, 0) is 0 Å². The molecular weight excluding hydrogens is 382 g/mol. The van der Waals surface area contributed by atoms with Crippen molar-refractivity contribution in [1.82, 2.24) is 4.90 Å². The molecule has 0 aliphatic carbocycles. The monoisotopic (exact) mass is 402 g/mol. The molecule has 3 N–H and O–H groups in total. The summed E-state index contributed by atoms with van der Waals surface area (Å²) in [6.07, 6.45) is -1.72. The van der Waals surface area contributed by atoms with Crippen LogP contribution in [-0.4, -0.2) is 46.5 Å². The zero-order chi connectivity index (χ0) is 20.9. The number of phenols is 2. The van der Waals surface area contributed by atoms with Gasteiger partial charge in [0.2, 0.25) is 0 Å². The van der Waals surface area contributed by atoms with Crippen molar-refractivity contribution >= 4 is 22.6 Å². The molecule has 0 radical (unpaired) electrons. The highest BCUT2D eigenvalue weighted by Gasteiger charge is 2.33. The number of fused-ring (bicyclic) bond motifs is 1. The number of halogens is 1. The van der Waals surface area contributed by atoms with Crippen LogP contribution in [0.2, 0.25) is 5.02 Å². The fourth-order valence-electron chi connectivity index (χ4n) is 3.71. The van der Waals surface area contributed by atoms with Gasteiger partial charge in [0, 0.05) is 37.1 Å². The molecule has 2 heterocycles. The van der Waals surface area contributed by atoms with Crippen LogP contribution in [0.25, 0.3) is 22.3 Å². The predicted octanol–water partition coefficient (Wildman–Crippen LogP) is 3.30. The molecule has 4 rings (SSSR count). The highest BCUT2D eigenvalue weighted by Crippen LogP contribution is 2.42. The van der Waals surface area contributed by atoms with E-state index in [1.54, 1.807) is 31.3 Å². The Morgan fingerprint density at radius 3 is 2.71 bits per heavy atom. The van der Waals surface area contributed by atoms with E-state index in [4.69, 9.17) is 17.4 Å². The number of β-amino-alcohol motifs (C(OH)–C–C–N with tert-alkyl or cyclic N) is 1. The van der Waals surface area contributed by atoms with E-state index in [-0.39, 0.29) is 28.0 Å². The van der Waals surface area contributed by atoms with Crippen molar-refractivity contribution in [3.05, 3.63) is 57.2 Å². The molecule has 0 bridgehead atoms. The number of nitrogens with zero attached hydrogens (tertiary/aromatic N) is 1. The Bertz CT molecular complexity index is 1140. The summed E-state index contributed by atoms with van der Waals surface area (Å²) in [6.45, 7) is 0.675. The molecule has 1 aliphatic heterocycles. The van der Waals surface area contributed by atoms with Gasteiger partial charge in [-0.1, -0.05) is 23.7 Å². The Morgan fingerprint density at radius 2 is 2.00 bits per heavy atom. The molecular formula is C21H20ClNO5. The Morgan fingerprint density at radius 1 is 1.25 bits per heavy atom. The highest BCUT2D eigenvalue weighted by atomic mass is 35.5. The summed E-state index contributed by atoms with van der Waals surface area (Å²) in [6, 6.07) is 9.12. The molecule has 3 unspecified atom stereocenters. The number of hydrogen-bond acceptors (Lipinski definition) is 6. The molecule has 1 aromatic heterocycles. The summed E-state index contributed by atoms with van der Waals surface area (Å²) >= 11 is 6.24. The van der Waals surface area contributed by atoms with Crippen LogP contribution in [0.3, 0.4) is 0 Å². The van der Waals surface area contributed by atoms with E-state index in [0.29, 0.717) is 23.7 Å². The van der Waals surface area contributed by atoms with Gasteiger partial charge in [-0.3, -0.25) is 4.79 Å². The number of likely N-dealkylation sites (tertiary alicyclic amines) is 1. The van der Waals surface area contributed by atoms with Gasteiger partial charge in [-0.2, -0.15) is 0 Å². The molecule has 28 heavy (non-hydrogen) atoms. The zero-order valence-electron chi connectivity index (χ0n) is 16.1. The quantitative estimate of drug-likeness (QED) is 0.609. The second-order valence-electron chi connectivity index (χ2n) is 7.04. The van der Waals surface area contributed by atoms with Gasteiger partial charge in [0.05, 0.1) is 11.1 Å². The van der Waals surface area contributed by atoms with Crippen LogP contribution in [0.5, 0.6) is 11.5 Å². The van der Waals surface area contributed by atoms with Gasteiger partial charge in [-0.15, -0.1) is 0 Å². The number of aliphatic hydroxyl groups excluding tert-OH is 1. The summed E-state index contributed by atoms with van der Waals surface area (Å²) in [5, 5.41) is 31.8. The number of aliphatic hydroxyl groups is 1. The molecule has 1 saturated heterocycles. The molecule has 3 atom stereocenters. The smallest absolute Gasteiger partial charge is 0.197 e. The van der Waals surface area contributed by atoms with Crippen molar-refractivity contribution in [1.29, 1.82) is 0 Å². The van der Waals surface area contributed by atoms with Crippen molar-refractivity contribution in [3.63, 3.8) is 0 Å². The molecule has 1 fully saturated rings. The third-order valence-corrected chi connectivity index (χ3v) is 5.38. The van der Waals surface area contributed by atoms with E-state index >= 15 is 0 Å². The van der Waals surface area contributed by atoms with Gasteiger partial charge in [0.25, 0.3) is 0 Å². The lowest BCUT2D eigenvalue weighted by molar-refractivity contribution is 0.0630. The van der Waals surface area contributed by atoms with Gasteiger partial charge >= 0.3 is 0 Å². The number of hydrogen-bond donors (Lipinski definition) is 3. The van der Waals surface area contributed by atoms with Crippen molar-refractivity contribution in [2.75, 3.05) is 20.1 Å². The van der Waals surface area contributed by atoms with Crippen LogP contribution in [0, 0.1) is 0 Å². The third-order valence-electron chi connectivity index (χ3n) is 5.05. The predicted molar refractivity (Wildman–Crippen MR) is 107 cm³/mol. The first-order chi connectivity index (χ1) is 13.8. The number of rotatable bonds is 2. The van der Waals surface area contributed by atoms with Gasteiger partial charge < -0.3 is 24.6 Å². The number of aromatic hydroxyl groups is 2. The lowest BCUT2D eigenvalue weighted by Gasteiger charge is -2.34. The van der Waals surface area contributed by atoms with Crippen molar-refractivity contribution in [2.45, 2.75) is 18.4 Å². The Hall–Kier alpha value is -2.54. The van der Waals surface area contributed by atoms with Crippen molar-refractivity contribution < 1.29 is 21.1 Å². The molecule has 6 nitrogen and oxygen atoms in total. The minimum Gasteiger partial charge on any atom is -0.507 e. The van der Waals surface area contributed by atoms with E-state index in [0.717, 1.165) is 6.07 Å². The topological polar surface area (TPSA) is 94.1 Å². The Labute approximate surface area is 167 Å². The van der Waals surface area contributed by atoms with Crippen LogP contribution in [0.1, 0.15) is 19.2 Å². The number of benzene rings is 2. The van der Waals surface area contributed by atoms with Gasteiger partial charge in [0.1, 0.15) is 28.2 Å². The summed E-state index contributed by atoms with van der Waals surface area (Å²) in [7, 11) is 1.80. The molecule has 2 aromatic carbocycles. The molecule has 0 spiro atoms. The highest BCUT2D eigenvalue weighted by molar-refractivity contribution is 6.33. The molecule has 1 aliphatic rings. The maximum absolute atomic E-state index is 12.8. The lowest BCUT2D eigenvalue weighted by Crippen LogP contribution is -2.40. The maximum atomic E-state index is 12.8. The summed E-state index contributed by atoms with van der Waals surface area (Å²) in [5.41, 5.74) is 0.0670.